The number of aromatic hydroxyl groups is 1. The second-order valence-electron chi connectivity index (χ2n) is 7.27. The normalized spacial score (nSPS) is 10.4. The van der Waals surface area contributed by atoms with Crippen LogP contribution in [0.25, 0.3) is 0 Å². The molecule has 0 radical (unpaired) electrons. The highest BCUT2D eigenvalue weighted by Gasteiger charge is 2.25. The highest BCUT2D eigenvalue weighted by molar-refractivity contribution is 6.11. The summed E-state index contributed by atoms with van der Waals surface area (Å²) < 4.78 is 16.8. The molecular formula is C25H24N2O6. The monoisotopic (exact) mass is 448 g/mol. The molecule has 8 nitrogen and oxygen atoms in total. The minimum atomic E-state index is -0.657. The zero-order chi connectivity index (χ0) is 24.1. The number of nitriles is 1. The molecule has 1 heterocycles. The molecule has 0 unspecified atom stereocenters. The number of hydrogen-bond acceptors (Lipinski definition) is 7. The maximum Gasteiger partial charge on any atom is 0.271 e. The van der Waals surface area contributed by atoms with Crippen molar-refractivity contribution in [2.24, 2.45) is 0 Å². The molecule has 33 heavy (non-hydrogen) atoms. The maximum atomic E-state index is 13.2. The smallest absolute Gasteiger partial charge is 0.271 e. The van der Waals surface area contributed by atoms with Gasteiger partial charge in [-0.05, 0) is 48.7 Å². The van der Waals surface area contributed by atoms with Gasteiger partial charge in [0.05, 0.1) is 26.9 Å². The van der Waals surface area contributed by atoms with E-state index in [0.717, 1.165) is 10.1 Å². The molecule has 0 fully saturated rings. The fourth-order valence-corrected chi connectivity index (χ4v) is 3.62. The van der Waals surface area contributed by atoms with E-state index in [-0.39, 0.29) is 28.8 Å². The summed E-state index contributed by atoms with van der Waals surface area (Å²) >= 11 is 0. The van der Waals surface area contributed by atoms with E-state index in [4.69, 9.17) is 14.2 Å². The zero-order valence-corrected chi connectivity index (χ0v) is 18.8. The number of nitrogens with zero attached hydrogens (tertiary/aromatic N) is 2. The Labute approximate surface area is 191 Å². The molecule has 0 aliphatic carbocycles. The third-order valence-electron chi connectivity index (χ3n) is 5.43. The first kappa shape index (κ1) is 23.4. The Morgan fingerprint density at radius 3 is 2.42 bits per heavy atom. The lowest BCUT2D eigenvalue weighted by molar-refractivity contribution is 0.103. The first-order valence-electron chi connectivity index (χ1n) is 10.1. The molecule has 0 bridgehead atoms. The van der Waals surface area contributed by atoms with Crippen LogP contribution in [0.1, 0.15) is 32.6 Å². The van der Waals surface area contributed by atoms with E-state index in [2.05, 4.69) is 0 Å². The standard InChI is InChI=1S/C25H24N2O6/c1-15-19(14-26)24(29)27(11-10-16-8-9-20(32-3)21(12-16)33-4)25(30)22(15)23(28)17-6-5-7-18(13-17)31-2/h5-9,12-13,30H,10-11H2,1-4H3. The second-order valence-corrected chi connectivity index (χ2v) is 7.27. The zero-order valence-electron chi connectivity index (χ0n) is 18.8. The van der Waals surface area contributed by atoms with Crippen LogP contribution in [0, 0.1) is 18.3 Å². The van der Waals surface area contributed by atoms with Crippen molar-refractivity contribution in [3.05, 3.63) is 80.6 Å². The molecule has 1 aromatic heterocycles. The van der Waals surface area contributed by atoms with Crippen LogP contribution in [-0.4, -0.2) is 36.8 Å². The van der Waals surface area contributed by atoms with E-state index < -0.39 is 17.2 Å². The quantitative estimate of drug-likeness (QED) is 0.527. The Hall–Kier alpha value is -4.25. The van der Waals surface area contributed by atoms with Crippen LogP contribution in [0.2, 0.25) is 0 Å². The number of carbonyl (C=O) groups is 1. The van der Waals surface area contributed by atoms with Crippen molar-refractivity contribution in [1.29, 1.82) is 5.26 Å². The summed E-state index contributed by atoms with van der Waals surface area (Å²) in [6.45, 7) is 1.53. The van der Waals surface area contributed by atoms with Crippen molar-refractivity contribution in [1.82, 2.24) is 4.57 Å². The van der Waals surface area contributed by atoms with E-state index >= 15 is 0 Å². The fourth-order valence-electron chi connectivity index (χ4n) is 3.62. The van der Waals surface area contributed by atoms with Gasteiger partial charge in [0.15, 0.2) is 17.3 Å². The van der Waals surface area contributed by atoms with Gasteiger partial charge >= 0.3 is 0 Å². The molecule has 3 aromatic rings. The van der Waals surface area contributed by atoms with E-state index in [0.29, 0.717) is 23.7 Å². The molecule has 3 rings (SSSR count). The summed E-state index contributed by atoms with van der Waals surface area (Å²) in [5, 5.41) is 20.5. The summed E-state index contributed by atoms with van der Waals surface area (Å²) in [5.41, 5.74) is 0.281. The second kappa shape index (κ2) is 9.92. The van der Waals surface area contributed by atoms with Gasteiger partial charge in [-0.15, -0.1) is 0 Å². The average molecular weight is 448 g/mol. The largest absolute Gasteiger partial charge is 0.497 e. The molecule has 170 valence electrons. The predicted octanol–water partition coefficient (Wildman–Crippen LogP) is 3.23. The third kappa shape index (κ3) is 4.53. The van der Waals surface area contributed by atoms with Crippen LogP contribution >= 0.6 is 0 Å². The molecule has 0 spiro atoms. The van der Waals surface area contributed by atoms with Crippen LogP contribution in [0.3, 0.4) is 0 Å². The predicted molar refractivity (Wildman–Crippen MR) is 121 cm³/mol. The van der Waals surface area contributed by atoms with Crippen molar-refractivity contribution in [2.75, 3.05) is 21.3 Å². The number of aryl methyl sites for hydroxylation is 1. The molecule has 0 saturated carbocycles. The number of aromatic nitrogens is 1. The number of carbonyl (C=O) groups excluding carboxylic acids is 1. The molecule has 0 amide bonds. The molecule has 0 atom stereocenters. The van der Waals surface area contributed by atoms with Crippen molar-refractivity contribution in [3.63, 3.8) is 0 Å². The van der Waals surface area contributed by atoms with Gasteiger partial charge in [0.2, 0.25) is 5.88 Å². The number of pyridine rings is 1. The molecular weight excluding hydrogens is 424 g/mol. The van der Waals surface area contributed by atoms with E-state index in [1.54, 1.807) is 30.3 Å². The Balaban J connectivity index is 2.05. The number of benzene rings is 2. The van der Waals surface area contributed by atoms with Crippen LogP contribution in [0.4, 0.5) is 0 Å². The summed E-state index contributed by atoms with van der Waals surface area (Å²) in [4.78, 5) is 26.1. The van der Waals surface area contributed by atoms with Gasteiger partial charge in [0, 0.05) is 12.1 Å². The Morgan fingerprint density at radius 1 is 1.06 bits per heavy atom. The van der Waals surface area contributed by atoms with Gasteiger partial charge in [-0.3, -0.25) is 14.2 Å². The van der Waals surface area contributed by atoms with Crippen LogP contribution in [-0.2, 0) is 13.0 Å². The molecule has 0 aliphatic rings. The van der Waals surface area contributed by atoms with E-state index in [1.807, 2.05) is 12.1 Å². The summed E-state index contributed by atoms with van der Waals surface area (Å²) in [5.74, 6) is 0.571. The average Bonchev–Trinajstić information content (AvgIpc) is 2.83. The SMILES string of the molecule is COc1cccc(C(=O)c2c(C)c(C#N)c(=O)n(CCc3ccc(OC)c(OC)c3)c2O)c1. The first-order valence-corrected chi connectivity index (χ1v) is 10.1. The number of ether oxygens (including phenoxy) is 3. The van der Waals surface area contributed by atoms with Crippen LogP contribution in [0.15, 0.2) is 47.3 Å². The van der Waals surface area contributed by atoms with E-state index in [9.17, 15) is 20.0 Å². The topological polar surface area (TPSA) is 111 Å². The molecule has 1 N–H and O–H groups in total. The Morgan fingerprint density at radius 2 is 1.79 bits per heavy atom. The van der Waals surface area contributed by atoms with Gasteiger partial charge < -0.3 is 19.3 Å². The summed E-state index contributed by atoms with van der Waals surface area (Å²) in [7, 11) is 4.54. The minimum Gasteiger partial charge on any atom is -0.497 e. The molecule has 8 heteroatoms. The first-order chi connectivity index (χ1) is 15.9. The Kier molecular flexibility index (Phi) is 7.04. The number of methoxy groups -OCH3 is 3. The summed E-state index contributed by atoms with van der Waals surface area (Å²) in [6, 6.07) is 13.6. The van der Waals surface area contributed by atoms with E-state index in [1.165, 1.54) is 34.3 Å². The van der Waals surface area contributed by atoms with Crippen molar-refractivity contribution in [2.45, 2.75) is 19.9 Å². The van der Waals surface area contributed by atoms with Gasteiger partial charge in [0.25, 0.3) is 5.56 Å². The maximum absolute atomic E-state index is 13.2. The van der Waals surface area contributed by atoms with Crippen LogP contribution in [0.5, 0.6) is 23.1 Å². The van der Waals surface area contributed by atoms with Gasteiger partial charge in [-0.25, -0.2) is 0 Å². The lowest BCUT2D eigenvalue weighted by atomic mass is 9.97. The lowest BCUT2D eigenvalue weighted by Crippen LogP contribution is -2.27. The number of ketones is 1. The highest BCUT2D eigenvalue weighted by atomic mass is 16.5. The number of hydrogen-bond donors (Lipinski definition) is 1. The fraction of sp³-hybridized carbons (Fsp3) is 0.240. The van der Waals surface area contributed by atoms with Gasteiger partial charge in [-0.2, -0.15) is 5.26 Å². The van der Waals surface area contributed by atoms with Crippen molar-refractivity contribution in [3.8, 4) is 29.2 Å². The highest BCUT2D eigenvalue weighted by Crippen LogP contribution is 2.29. The summed E-state index contributed by atoms with van der Waals surface area (Å²) in [6.07, 6.45) is 0.342. The van der Waals surface area contributed by atoms with Crippen LogP contribution < -0.4 is 19.8 Å². The number of rotatable bonds is 8. The van der Waals surface area contributed by atoms with Gasteiger partial charge in [0.1, 0.15) is 17.4 Å². The minimum absolute atomic E-state index is 0.0491. The van der Waals surface area contributed by atoms with Gasteiger partial charge in [-0.1, -0.05) is 18.2 Å². The third-order valence-corrected chi connectivity index (χ3v) is 5.43. The molecule has 0 aliphatic heterocycles. The molecule has 2 aromatic carbocycles. The lowest BCUT2D eigenvalue weighted by Gasteiger charge is -2.16. The Bertz CT molecular complexity index is 1300. The molecule has 0 saturated heterocycles. The van der Waals surface area contributed by atoms with Crippen molar-refractivity contribution >= 4 is 5.78 Å². The van der Waals surface area contributed by atoms with Crippen molar-refractivity contribution < 1.29 is 24.1 Å².